The minimum absolute atomic E-state index is 0.169. The maximum atomic E-state index is 12.0. The van der Waals surface area contributed by atoms with Crippen LogP contribution in [0.25, 0.3) is 11.1 Å². The number of nitriles is 1. The van der Waals surface area contributed by atoms with Gasteiger partial charge in [-0.3, -0.25) is 4.90 Å². The highest BCUT2D eigenvalue weighted by atomic mass is 16.6. The predicted molar refractivity (Wildman–Crippen MR) is 114 cm³/mol. The highest BCUT2D eigenvalue weighted by Crippen LogP contribution is 2.44. The Morgan fingerprint density at radius 1 is 1.32 bits per heavy atom. The smallest absolute Gasteiger partial charge is 0.408 e. The number of ether oxygens (including phenoxy) is 1. The molecule has 160 valence electrons. The van der Waals surface area contributed by atoms with Crippen LogP contribution < -0.4 is 0 Å². The quantitative estimate of drug-likeness (QED) is 0.536. The van der Waals surface area contributed by atoms with Crippen LogP contribution in [0.3, 0.4) is 0 Å². The van der Waals surface area contributed by atoms with Gasteiger partial charge in [-0.15, -0.1) is 0 Å². The number of hydrogen-bond acceptors (Lipinski definition) is 5. The third-order valence-corrected chi connectivity index (χ3v) is 5.39. The minimum atomic E-state index is -1.08. The summed E-state index contributed by atoms with van der Waals surface area (Å²) in [7, 11) is 0. The fourth-order valence-electron chi connectivity index (χ4n) is 3.99. The Labute approximate surface area is 180 Å². The molecule has 7 nitrogen and oxygen atoms in total. The van der Waals surface area contributed by atoms with Crippen LogP contribution in [0.1, 0.15) is 48.6 Å². The van der Waals surface area contributed by atoms with E-state index in [1.807, 2.05) is 24.3 Å². The fraction of sp³-hybridized carbons (Fsp3) is 0.292. The number of hydrogen-bond donors (Lipinski definition) is 2. The topological polar surface area (TPSA) is 111 Å². The summed E-state index contributed by atoms with van der Waals surface area (Å²) in [6.45, 7) is 6.83. The molecule has 0 aliphatic carbocycles. The summed E-state index contributed by atoms with van der Waals surface area (Å²) < 4.78 is 5.43. The number of aliphatic hydroxyl groups excluding tert-OH is 1. The maximum Gasteiger partial charge on any atom is 0.408 e. The highest BCUT2D eigenvalue weighted by Gasteiger charge is 2.40. The molecular weight excluding hydrogens is 396 g/mol. The Balaban J connectivity index is 2.09. The Kier molecular flexibility index (Phi) is 6.14. The predicted octanol–water partition coefficient (Wildman–Crippen LogP) is 4.15. The molecule has 2 N–H and O–H groups in total. The Bertz CT molecular complexity index is 1070. The van der Waals surface area contributed by atoms with Gasteiger partial charge in [0.05, 0.1) is 30.8 Å². The Morgan fingerprint density at radius 3 is 2.55 bits per heavy atom. The number of esters is 1. The lowest BCUT2D eigenvalue weighted by Crippen LogP contribution is -2.36. The molecule has 31 heavy (non-hydrogen) atoms. The number of aliphatic hydroxyl groups is 1. The highest BCUT2D eigenvalue weighted by molar-refractivity contribution is 5.81. The van der Waals surface area contributed by atoms with Gasteiger partial charge in [-0.1, -0.05) is 24.8 Å². The van der Waals surface area contributed by atoms with E-state index in [4.69, 9.17) is 10.00 Å². The molecule has 0 aromatic heterocycles. The van der Waals surface area contributed by atoms with E-state index in [2.05, 4.69) is 12.6 Å². The van der Waals surface area contributed by atoms with E-state index in [0.717, 1.165) is 28.3 Å². The van der Waals surface area contributed by atoms with Crippen molar-refractivity contribution in [3.8, 4) is 17.2 Å². The molecular formula is C24H24N2O5. The second kappa shape index (κ2) is 8.62. The monoisotopic (exact) mass is 420 g/mol. The average Bonchev–Trinajstić information content (AvgIpc) is 3.10. The molecule has 0 saturated heterocycles. The van der Waals surface area contributed by atoms with Crippen LogP contribution in [0.5, 0.6) is 0 Å². The minimum Gasteiger partial charge on any atom is -0.465 e. The number of benzene rings is 2. The molecule has 2 aromatic carbocycles. The Hall–Kier alpha value is -3.63. The van der Waals surface area contributed by atoms with Crippen LogP contribution in [-0.4, -0.2) is 32.8 Å². The van der Waals surface area contributed by atoms with Crippen molar-refractivity contribution in [1.82, 2.24) is 4.90 Å². The third kappa shape index (κ3) is 4.60. The van der Waals surface area contributed by atoms with Gasteiger partial charge in [0, 0.05) is 12.5 Å². The first-order chi connectivity index (χ1) is 14.7. The van der Waals surface area contributed by atoms with E-state index >= 15 is 0 Å². The molecule has 0 spiro atoms. The summed E-state index contributed by atoms with van der Waals surface area (Å²) in [4.78, 5) is 25.1. The van der Waals surface area contributed by atoms with Gasteiger partial charge in [0.25, 0.3) is 0 Å². The van der Waals surface area contributed by atoms with Crippen LogP contribution >= 0.6 is 0 Å². The lowest BCUT2D eigenvalue weighted by atomic mass is 9.88. The fourth-order valence-corrected chi connectivity index (χ4v) is 3.99. The van der Waals surface area contributed by atoms with Crippen molar-refractivity contribution in [2.24, 2.45) is 0 Å². The normalized spacial score (nSPS) is 15.2. The summed E-state index contributed by atoms with van der Waals surface area (Å²) in [5.41, 5.74) is 3.48. The zero-order valence-electron chi connectivity index (χ0n) is 17.5. The first-order valence-corrected chi connectivity index (χ1v) is 9.81. The van der Waals surface area contributed by atoms with Crippen molar-refractivity contribution in [2.75, 3.05) is 0 Å². The van der Waals surface area contributed by atoms with Crippen molar-refractivity contribution >= 4 is 12.1 Å². The second-order valence-electron chi connectivity index (χ2n) is 8.07. The van der Waals surface area contributed by atoms with Gasteiger partial charge < -0.3 is 14.9 Å². The van der Waals surface area contributed by atoms with Crippen molar-refractivity contribution in [3.05, 3.63) is 71.3 Å². The Morgan fingerprint density at radius 2 is 2.00 bits per heavy atom. The van der Waals surface area contributed by atoms with Crippen LogP contribution in [-0.2, 0) is 22.7 Å². The molecule has 0 saturated carbocycles. The summed E-state index contributed by atoms with van der Waals surface area (Å²) in [5.74, 6) is -0.576. The van der Waals surface area contributed by atoms with Gasteiger partial charge in [0.2, 0.25) is 0 Å². The van der Waals surface area contributed by atoms with Crippen molar-refractivity contribution in [2.45, 2.75) is 45.1 Å². The van der Waals surface area contributed by atoms with Gasteiger partial charge in [0.1, 0.15) is 5.60 Å². The van der Waals surface area contributed by atoms with E-state index in [0.29, 0.717) is 11.1 Å². The molecule has 3 rings (SSSR count). The zero-order chi connectivity index (χ0) is 22.8. The number of carboxylic acid groups (broad SMARTS) is 1. The first-order valence-electron chi connectivity index (χ1n) is 9.81. The number of amides is 1. The molecule has 0 bridgehead atoms. The van der Waals surface area contributed by atoms with Crippen LogP contribution in [0, 0.1) is 11.3 Å². The summed E-state index contributed by atoms with van der Waals surface area (Å²) in [6.07, 6.45) is 0.239. The summed E-state index contributed by atoms with van der Waals surface area (Å²) in [6, 6.07) is 12.2. The molecule has 1 aliphatic heterocycles. The number of rotatable bonds is 6. The van der Waals surface area contributed by atoms with Gasteiger partial charge >= 0.3 is 12.1 Å². The van der Waals surface area contributed by atoms with Crippen LogP contribution in [0.15, 0.2) is 49.1 Å². The van der Waals surface area contributed by atoms with Crippen LogP contribution in [0.2, 0.25) is 0 Å². The van der Waals surface area contributed by atoms with E-state index in [1.54, 1.807) is 26.0 Å². The molecule has 1 atom stereocenters. The van der Waals surface area contributed by atoms with Crippen molar-refractivity contribution in [1.29, 1.82) is 5.26 Å². The van der Waals surface area contributed by atoms with E-state index in [-0.39, 0.29) is 19.6 Å². The molecule has 1 heterocycles. The van der Waals surface area contributed by atoms with Crippen molar-refractivity contribution in [3.63, 3.8) is 0 Å². The largest absolute Gasteiger partial charge is 0.465 e. The molecule has 1 amide bonds. The summed E-state index contributed by atoms with van der Waals surface area (Å²) in [5, 5.41) is 28.7. The molecule has 1 unspecified atom stereocenters. The van der Waals surface area contributed by atoms with Gasteiger partial charge in [-0.2, -0.15) is 5.26 Å². The van der Waals surface area contributed by atoms with Gasteiger partial charge in [-0.25, -0.2) is 9.59 Å². The lowest BCUT2D eigenvalue weighted by Gasteiger charge is -2.31. The van der Waals surface area contributed by atoms with Gasteiger partial charge in [0.15, 0.2) is 0 Å². The van der Waals surface area contributed by atoms with Gasteiger partial charge in [-0.05, 0) is 59.9 Å². The van der Waals surface area contributed by atoms with E-state index in [9.17, 15) is 19.8 Å². The zero-order valence-corrected chi connectivity index (χ0v) is 17.5. The van der Waals surface area contributed by atoms with Crippen LogP contribution in [0.4, 0.5) is 4.79 Å². The average molecular weight is 420 g/mol. The number of carbonyl (C=O) groups is 2. The number of nitrogens with zero attached hydrogens (tertiary/aromatic N) is 2. The lowest BCUT2D eigenvalue weighted by molar-refractivity contribution is -0.151. The first kappa shape index (κ1) is 22.1. The molecule has 2 aromatic rings. The summed E-state index contributed by atoms with van der Waals surface area (Å²) >= 11 is 0. The second-order valence-corrected chi connectivity index (χ2v) is 8.07. The SMILES string of the molecule is C=CC(=O)OC(C)(C)CC1c2cc(CO)cc(-c3ccc(C#N)cc3)c2CN1C(=O)O. The van der Waals surface area contributed by atoms with Crippen molar-refractivity contribution < 1.29 is 24.5 Å². The standard InChI is InChI=1S/C24H24N2O5/c1-4-22(28)31-24(2,3)11-21-19-10-16(14-27)9-18(20(19)13-26(21)23(29)30)17-7-5-15(12-25)6-8-17/h4-10,21,27H,1,11,13-14H2,2-3H3,(H,29,30). The molecule has 1 aliphatic rings. The number of fused-ring (bicyclic) bond motifs is 1. The number of carbonyl (C=O) groups excluding carboxylic acids is 1. The third-order valence-electron chi connectivity index (χ3n) is 5.39. The molecule has 0 fully saturated rings. The maximum absolute atomic E-state index is 12.0. The molecule has 0 radical (unpaired) electrons. The molecule has 7 heteroatoms. The van der Waals surface area contributed by atoms with E-state index < -0.39 is 23.7 Å². The van der Waals surface area contributed by atoms with E-state index in [1.165, 1.54) is 4.90 Å².